The SMILES string of the molecule is CCCC(CCC)C(=O)CC. The molecule has 0 aliphatic carbocycles. The zero-order valence-corrected chi connectivity index (χ0v) is 8.02. The van der Waals surface area contributed by atoms with Crippen LogP contribution in [0.1, 0.15) is 52.9 Å². The fourth-order valence-electron chi connectivity index (χ4n) is 1.45. The van der Waals surface area contributed by atoms with E-state index in [1.807, 2.05) is 6.92 Å². The van der Waals surface area contributed by atoms with Crippen LogP contribution in [-0.2, 0) is 4.79 Å². The molecular weight excluding hydrogens is 136 g/mol. The molecule has 0 atom stereocenters. The Labute approximate surface area is 70.2 Å². The lowest BCUT2D eigenvalue weighted by atomic mass is 9.92. The molecule has 0 heterocycles. The summed E-state index contributed by atoms with van der Waals surface area (Å²) in [5, 5.41) is 0. The minimum absolute atomic E-state index is 0.356. The summed E-state index contributed by atoms with van der Waals surface area (Å²) >= 11 is 0. The lowest BCUT2D eigenvalue weighted by Gasteiger charge is -2.11. The van der Waals surface area contributed by atoms with Gasteiger partial charge in [0.05, 0.1) is 0 Å². The third kappa shape index (κ3) is 4.18. The van der Waals surface area contributed by atoms with Gasteiger partial charge in [-0.3, -0.25) is 4.79 Å². The summed E-state index contributed by atoms with van der Waals surface area (Å²) in [7, 11) is 0. The predicted molar refractivity (Wildman–Crippen MR) is 48.6 cm³/mol. The number of carbonyl (C=O) groups is 1. The molecule has 0 bridgehead atoms. The van der Waals surface area contributed by atoms with E-state index in [1.165, 1.54) is 0 Å². The van der Waals surface area contributed by atoms with E-state index >= 15 is 0 Å². The molecule has 0 N–H and O–H groups in total. The molecule has 0 aliphatic rings. The number of Topliss-reactive ketones (excluding diaryl/α,β-unsaturated/α-hetero) is 1. The van der Waals surface area contributed by atoms with Gasteiger partial charge >= 0.3 is 0 Å². The Bertz CT molecular complexity index is 101. The molecule has 0 aromatic heterocycles. The van der Waals surface area contributed by atoms with Crippen LogP contribution in [0.15, 0.2) is 0 Å². The van der Waals surface area contributed by atoms with Crippen molar-refractivity contribution in [3.05, 3.63) is 0 Å². The molecule has 0 aromatic rings. The van der Waals surface area contributed by atoms with E-state index in [9.17, 15) is 4.79 Å². The van der Waals surface area contributed by atoms with Crippen LogP contribution in [0, 0.1) is 5.92 Å². The summed E-state index contributed by atoms with van der Waals surface area (Å²) in [5.41, 5.74) is 0. The minimum Gasteiger partial charge on any atom is -0.299 e. The monoisotopic (exact) mass is 156 g/mol. The van der Waals surface area contributed by atoms with Gasteiger partial charge in [-0.1, -0.05) is 33.6 Å². The van der Waals surface area contributed by atoms with E-state index in [4.69, 9.17) is 0 Å². The first-order chi connectivity index (χ1) is 5.26. The van der Waals surface area contributed by atoms with Gasteiger partial charge in [-0.2, -0.15) is 0 Å². The summed E-state index contributed by atoms with van der Waals surface area (Å²) in [6, 6.07) is 0. The van der Waals surface area contributed by atoms with Crippen molar-refractivity contribution in [1.29, 1.82) is 0 Å². The quantitative estimate of drug-likeness (QED) is 0.577. The lowest BCUT2D eigenvalue weighted by molar-refractivity contribution is -0.123. The minimum atomic E-state index is 0.356. The van der Waals surface area contributed by atoms with Gasteiger partial charge in [-0.25, -0.2) is 0 Å². The zero-order chi connectivity index (χ0) is 8.69. The number of carbonyl (C=O) groups excluding carboxylic acids is 1. The average Bonchev–Trinajstić information content (AvgIpc) is 2.03. The maximum absolute atomic E-state index is 11.3. The van der Waals surface area contributed by atoms with E-state index in [0.29, 0.717) is 18.1 Å². The van der Waals surface area contributed by atoms with Gasteiger partial charge in [0.25, 0.3) is 0 Å². The largest absolute Gasteiger partial charge is 0.299 e. The van der Waals surface area contributed by atoms with Crippen molar-refractivity contribution in [2.24, 2.45) is 5.92 Å². The lowest BCUT2D eigenvalue weighted by Crippen LogP contribution is -2.12. The standard InChI is InChI=1S/C10H20O/c1-4-7-9(8-5-2)10(11)6-3/h9H,4-8H2,1-3H3. The van der Waals surface area contributed by atoms with Crippen LogP contribution in [-0.4, -0.2) is 5.78 Å². The molecule has 0 amide bonds. The Kier molecular flexibility index (Phi) is 6.19. The predicted octanol–water partition coefficient (Wildman–Crippen LogP) is 3.18. The molecule has 1 heteroatoms. The van der Waals surface area contributed by atoms with Crippen molar-refractivity contribution in [2.45, 2.75) is 52.9 Å². The van der Waals surface area contributed by atoms with Gasteiger partial charge < -0.3 is 0 Å². The molecule has 11 heavy (non-hydrogen) atoms. The highest BCUT2D eigenvalue weighted by atomic mass is 16.1. The first-order valence-electron chi connectivity index (χ1n) is 4.78. The Balaban J connectivity index is 3.76. The van der Waals surface area contributed by atoms with Gasteiger partial charge in [0.1, 0.15) is 5.78 Å². The molecule has 0 saturated heterocycles. The highest BCUT2D eigenvalue weighted by Gasteiger charge is 2.13. The molecule has 0 unspecified atom stereocenters. The van der Waals surface area contributed by atoms with Crippen LogP contribution in [0.2, 0.25) is 0 Å². The van der Waals surface area contributed by atoms with Gasteiger partial charge in [0.2, 0.25) is 0 Å². The smallest absolute Gasteiger partial charge is 0.135 e. The van der Waals surface area contributed by atoms with Crippen LogP contribution in [0.4, 0.5) is 0 Å². The van der Waals surface area contributed by atoms with Gasteiger partial charge in [0, 0.05) is 12.3 Å². The van der Waals surface area contributed by atoms with Gasteiger partial charge in [-0.05, 0) is 12.8 Å². The number of hydrogen-bond acceptors (Lipinski definition) is 1. The molecule has 0 saturated carbocycles. The van der Waals surface area contributed by atoms with Crippen molar-refractivity contribution < 1.29 is 4.79 Å². The number of hydrogen-bond donors (Lipinski definition) is 0. The van der Waals surface area contributed by atoms with Crippen LogP contribution in [0.5, 0.6) is 0 Å². The molecule has 0 spiro atoms. The molecule has 0 aliphatic heterocycles. The van der Waals surface area contributed by atoms with E-state index < -0.39 is 0 Å². The van der Waals surface area contributed by atoms with Crippen LogP contribution in [0.25, 0.3) is 0 Å². The summed E-state index contributed by atoms with van der Waals surface area (Å²) in [6.07, 6.45) is 5.15. The third-order valence-corrected chi connectivity index (χ3v) is 2.08. The van der Waals surface area contributed by atoms with Crippen molar-refractivity contribution >= 4 is 5.78 Å². The third-order valence-electron chi connectivity index (χ3n) is 2.08. The van der Waals surface area contributed by atoms with Crippen molar-refractivity contribution in [3.8, 4) is 0 Å². The van der Waals surface area contributed by atoms with Crippen LogP contribution < -0.4 is 0 Å². The summed E-state index contributed by atoms with van der Waals surface area (Å²) in [6.45, 7) is 6.25. The van der Waals surface area contributed by atoms with Crippen LogP contribution in [0.3, 0.4) is 0 Å². The Morgan fingerprint density at radius 3 is 1.82 bits per heavy atom. The maximum Gasteiger partial charge on any atom is 0.135 e. The molecular formula is C10H20O. The second kappa shape index (κ2) is 6.38. The van der Waals surface area contributed by atoms with Crippen LogP contribution >= 0.6 is 0 Å². The van der Waals surface area contributed by atoms with Crippen molar-refractivity contribution in [3.63, 3.8) is 0 Å². The average molecular weight is 156 g/mol. The topological polar surface area (TPSA) is 17.1 Å². The molecule has 66 valence electrons. The molecule has 0 aromatic carbocycles. The fourth-order valence-corrected chi connectivity index (χ4v) is 1.45. The highest BCUT2D eigenvalue weighted by Crippen LogP contribution is 2.15. The fraction of sp³-hybridized carbons (Fsp3) is 0.900. The summed E-state index contributed by atoms with van der Waals surface area (Å²) in [5.74, 6) is 0.809. The van der Waals surface area contributed by atoms with E-state index in [1.54, 1.807) is 0 Å². The molecule has 0 rings (SSSR count). The number of rotatable bonds is 6. The van der Waals surface area contributed by atoms with Gasteiger partial charge in [0.15, 0.2) is 0 Å². The Morgan fingerprint density at radius 1 is 1.09 bits per heavy atom. The molecule has 0 fully saturated rings. The highest BCUT2D eigenvalue weighted by molar-refractivity contribution is 5.80. The zero-order valence-electron chi connectivity index (χ0n) is 8.02. The second-order valence-corrected chi connectivity index (χ2v) is 3.09. The maximum atomic E-state index is 11.3. The Hall–Kier alpha value is -0.330. The normalized spacial score (nSPS) is 10.5. The van der Waals surface area contributed by atoms with E-state index in [-0.39, 0.29) is 0 Å². The van der Waals surface area contributed by atoms with E-state index in [0.717, 1.165) is 25.7 Å². The number of ketones is 1. The first kappa shape index (κ1) is 10.7. The summed E-state index contributed by atoms with van der Waals surface area (Å²) in [4.78, 5) is 11.3. The molecule has 0 radical (unpaired) electrons. The van der Waals surface area contributed by atoms with Crippen molar-refractivity contribution in [1.82, 2.24) is 0 Å². The first-order valence-corrected chi connectivity index (χ1v) is 4.78. The molecule has 1 nitrogen and oxygen atoms in total. The van der Waals surface area contributed by atoms with Crippen molar-refractivity contribution in [2.75, 3.05) is 0 Å². The van der Waals surface area contributed by atoms with Gasteiger partial charge in [-0.15, -0.1) is 0 Å². The summed E-state index contributed by atoms with van der Waals surface area (Å²) < 4.78 is 0. The second-order valence-electron chi connectivity index (χ2n) is 3.09. The Morgan fingerprint density at radius 2 is 1.55 bits per heavy atom. The van der Waals surface area contributed by atoms with E-state index in [2.05, 4.69) is 13.8 Å².